The van der Waals surface area contributed by atoms with Gasteiger partial charge in [0.15, 0.2) is 0 Å². The number of hydrogen-bond donors (Lipinski definition) is 2. The summed E-state index contributed by atoms with van der Waals surface area (Å²) in [5.41, 5.74) is 0.451. The maximum Gasteiger partial charge on any atom is 0.488 e. The smallest absolute Gasteiger partial charge is 0.488 e. The van der Waals surface area contributed by atoms with Gasteiger partial charge in [-0.15, -0.1) is 0 Å². The molecule has 0 radical (unpaired) electrons. The van der Waals surface area contributed by atoms with Crippen LogP contribution in [0.5, 0.6) is 5.75 Å². The van der Waals surface area contributed by atoms with Crippen molar-refractivity contribution < 1.29 is 19.2 Å². The molecule has 0 saturated heterocycles. The fourth-order valence-corrected chi connectivity index (χ4v) is 1.80. The molecule has 106 valence electrons. The van der Waals surface area contributed by atoms with E-state index in [1.54, 1.807) is 30.5 Å². The standard InChI is InChI=1S/C14H18BNO4/c1-16(11-14-3-2-9-19-14)8-10-20-13-6-4-12(5-7-13)15(17)18/h2-7,9,17-18H,8,10-11H2,1H3. The van der Waals surface area contributed by atoms with Crippen LogP contribution in [0.15, 0.2) is 47.1 Å². The number of benzene rings is 1. The van der Waals surface area contributed by atoms with Crippen LogP contribution in [0.25, 0.3) is 0 Å². The zero-order valence-electron chi connectivity index (χ0n) is 11.4. The molecule has 1 aromatic carbocycles. The fourth-order valence-electron chi connectivity index (χ4n) is 1.80. The summed E-state index contributed by atoms with van der Waals surface area (Å²) in [7, 11) is 0.556. The first-order valence-electron chi connectivity index (χ1n) is 6.45. The van der Waals surface area contributed by atoms with Crippen molar-refractivity contribution in [3.63, 3.8) is 0 Å². The van der Waals surface area contributed by atoms with Crippen LogP contribution in [0.4, 0.5) is 0 Å². The minimum Gasteiger partial charge on any atom is -0.492 e. The Kier molecular flexibility index (Phi) is 5.23. The zero-order chi connectivity index (χ0) is 14.4. The summed E-state index contributed by atoms with van der Waals surface area (Å²) in [5.74, 6) is 1.63. The lowest BCUT2D eigenvalue weighted by Crippen LogP contribution is -2.29. The van der Waals surface area contributed by atoms with E-state index >= 15 is 0 Å². The average Bonchev–Trinajstić information content (AvgIpc) is 2.92. The number of furan rings is 1. The lowest BCUT2D eigenvalue weighted by Gasteiger charge is -2.15. The van der Waals surface area contributed by atoms with Gasteiger partial charge in [-0.3, -0.25) is 4.90 Å². The molecule has 2 aromatic rings. The highest BCUT2D eigenvalue weighted by molar-refractivity contribution is 6.58. The first-order chi connectivity index (χ1) is 9.65. The Morgan fingerprint density at radius 1 is 1.20 bits per heavy atom. The summed E-state index contributed by atoms with van der Waals surface area (Å²) in [6.45, 7) is 2.06. The van der Waals surface area contributed by atoms with Gasteiger partial charge in [-0.1, -0.05) is 12.1 Å². The molecule has 20 heavy (non-hydrogen) atoms. The maximum absolute atomic E-state index is 8.99. The van der Waals surface area contributed by atoms with Gasteiger partial charge in [0.1, 0.15) is 18.1 Å². The van der Waals surface area contributed by atoms with Gasteiger partial charge in [-0.2, -0.15) is 0 Å². The monoisotopic (exact) mass is 275 g/mol. The molecular formula is C14H18BNO4. The second-order valence-electron chi connectivity index (χ2n) is 4.61. The predicted molar refractivity (Wildman–Crippen MR) is 76.8 cm³/mol. The van der Waals surface area contributed by atoms with Crippen molar-refractivity contribution in [2.75, 3.05) is 20.2 Å². The van der Waals surface area contributed by atoms with Gasteiger partial charge in [-0.25, -0.2) is 0 Å². The first kappa shape index (κ1) is 14.6. The average molecular weight is 275 g/mol. The van der Waals surface area contributed by atoms with E-state index in [9.17, 15) is 0 Å². The van der Waals surface area contributed by atoms with Crippen LogP contribution >= 0.6 is 0 Å². The third-order valence-corrected chi connectivity index (χ3v) is 2.93. The molecule has 1 aromatic heterocycles. The van der Waals surface area contributed by atoms with Crippen LogP contribution in [0.1, 0.15) is 5.76 Å². The predicted octanol–water partition coefficient (Wildman–Crippen LogP) is 0.470. The molecule has 1 heterocycles. The van der Waals surface area contributed by atoms with E-state index in [-0.39, 0.29) is 0 Å². The molecule has 0 saturated carbocycles. The Balaban J connectivity index is 1.72. The lowest BCUT2D eigenvalue weighted by atomic mass is 9.80. The second kappa shape index (κ2) is 7.14. The van der Waals surface area contributed by atoms with Crippen LogP contribution in [-0.4, -0.2) is 42.3 Å². The van der Waals surface area contributed by atoms with Crippen molar-refractivity contribution in [3.8, 4) is 5.75 Å². The van der Waals surface area contributed by atoms with Crippen LogP contribution in [-0.2, 0) is 6.54 Å². The summed E-state index contributed by atoms with van der Waals surface area (Å²) >= 11 is 0. The summed E-state index contributed by atoms with van der Waals surface area (Å²) in [6.07, 6.45) is 1.66. The van der Waals surface area contributed by atoms with Crippen molar-refractivity contribution in [2.24, 2.45) is 0 Å². The van der Waals surface area contributed by atoms with E-state index in [0.717, 1.165) is 18.8 Å². The maximum atomic E-state index is 8.99. The van der Waals surface area contributed by atoms with Gasteiger partial charge in [-0.05, 0) is 36.8 Å². The van der Waals surface area contributed by atoms with Gasteiger partial charge in [0.05, 0.1) is 12.8 Å². The highest BCUT2D eigenvalue weighted by Gasteiger charge is 2.10. The minimum absolute atomic E-state index is 0.451. The number of likely N-dealkylation sites (N-methyl/N-ethyl adjacent to an activating group) is 1. The Morgan fingerprint density at radius 3 is 2.55 bits per heavy atom. The molecule has 0 unspecified atom stereocenters. The summed E-state index contributed by atoms with van der Waals surface area (Å²) < 4.78 is 10.9. The van der Waals surface area contributed by atoms with E-state index in [0.29, 0.717) is 17.8 Å². The van der Waals surface area contributed by atoms with Gasteiger partial charge < -0.3 is 19.2 Å². The number of rotatable bonds is 7. The van der Waals surface area contributed by atoms with Crippen molar-refractivity contribution in [3.05, 3.63) is 48.4 Å². The van der Waals surface area contributed by atoms with Crippen LogP contribution in [0, 0.1) is 0 Å². The Morgan fingerprint density at radius 2 is 1.95 bits per heavy atom. The van der Waals surface area contributed by atoms with E-state index in [1.165, 1.54) is 0 Å². The number of hydrogen-bond acceptors (Lipinski definition) is 5. The van der Waals surface area contributed by atoms with Gasteiger partial charge >= 0.3 is 7.12 Å². The largest absolute Gasteiger partial charge is 0.492 e. The molecule has 0 fully saturated rings. The Hall–Kier alpha value is -1.76. The molecular weight excluding hydrogens is 257 g/mol. The SMILES string of the molecule is CN(CCOc1ccc(B(O)O)cc1)Cc1ccco1. The van der Waals surface area contributed by atoms with Crippen molar-refractivity contribution in [1.29, 1.82) is 0 Å². The molecule has 0 amide bonds. The molecule has 0 bridgehead atoms. The van der Waals surface area contributed by atoms with E-state index in [4.69, 9.17) is 19.2 Å². The van der Waals surface area contributed by atoms with E-state index in [2.05, 4.69) is 4.90 Å². The van der Waals surface area contributed by atoms with E-state index < -0.39 is 7.12 Å². The van der Waals surface area contributed by atoms with Crippen molar-refractivity contribution in [1.82, 2.24) is 4.90 Å². The lowest BCUT2D eigenvalue weighted by molar-refractivity contribution is 0.222. The summed E-state index contributed by atoms with van der Waals surface area (Å²) in [5, 5.41) is 18.0. The van der Waals surface area contributed by atoms with Crippen LogP contribution < -0.4 is 10.2 Å². The molecule has 0 aliphatic rings. The zero-order valence-corrected chi connectivity index (χ0v) is 11.4. The minimum atomic E-state index is -1.44. The molecule has 6 heteroatoms. The second-order valence-corrected chi connectivity index (χ2v) is 4.61. The van der Waals surface area contributed by atoms with Crippen molar-refractivity contribution >= 4 is 12.6 Å². The number of ether oxygens (including phenoxy) is 1. The quantitative estimate of drug-likeness (QED) is 0.719. The number of nitrogens with zero attached hydrogens (tertiary/aromatic N) is 1. The molecule has 0 aliphatic heterocycles. The molecule has 0 spiro atoms. The topological polar surface area (TPSA) is 66.1 Å². The van der Waals surface area contributed by atoms with Crippen LogP contribution in [0.3, 0.4) is 0 Å². The molecule has 0 aliphatic carbocycles. The van der Waals surface area contributed by atoms with Gasteiger partial charge in [0.2, 0.25) is 0 Å². The highest BCUT2D eigenvalue weighted by atomic mass is 16.5. The highest BCUT2D eigenvalue weighted by Crippen LogP contribution is 2.08. The third-order valence-electron chi connectivity index (χ3n) is 2.93. The fraction of sp³-hybridized carbons (Fsp3) is 0.286. The molecule has 0 atom stereocenters. The van der Waals surface area contributed by atoms with Crippen molar-refractivity contribution in [2.45, 2.75) is 6.54 Å². The van der Waals surface area contributed by atoms with E-state index in [1.807, 2.05) is 19.2 Å². The summed E-state index contributed by atoms with van der Waals surface area (Å²) in [4.78, 5) is 2.10. The molecule has 2 rings (SSSR count). The third kappa shape index (κ3) is 4.41. The Bertz CT molecular complexity index is 498. The Labute approximate surface area is 118 Å². The molecule has 2 N–H and O–H groups in total. The normalized spacial score (nSPS) is 10.8. The summed E-state index contributed by atoms with van der Waals surface area (Å²) in [6, 6.07) is 10.5. The first-order valence-corrected chi connectivity index (χ1v) is 6.45. The van der Waals surface area contributed by atoms with Gasteiger partial charge in [0.25, 0.3) is 0 Å². The van der Waals surface area contributed by atoms with Crippen LogP contribution in [0.2, 0.25) is 0 Å². The molecule has 5 nitrogen and oxygen atoms in total. The van der Waals surface area contributed by atoms with Gasteiger partial charge in [0, 0.05) is 6.54 Å².